The van der Waals surface area contributed by atoms with Gasteiger partial charge in [0.05, 0.1) is 12.4 Å². The van der Waals surface area contributed by atoms with E-state index in [1.54, 1.807) is 18.2 Å². The van der Waals surface area contributed by atoms with E-state index in [2.05, 4.69) is 4.98 Å². The summed E-state index contributed by atoms with van der Waals surface area (Å²) in [6.45, 7) is 4.53. The van der Waals surface area contributed by atoms with Gasteiger partial charge >= 0.3 is 0 Å². The van der Waals surface area contributed by atoms with Crippen LogP contribution in [0, 0.1) is 0 Å². The molecule has 1 amide bonds. The molecule has 2 aromatic carbocycles. The first-order chi connectivity index (χ1) is 13.1. The standard InChI is InChI=1S/C21H23N3O2S/c1-4-23(17-8-6-5-7-9-17)20(25)16(2)27-21-22-14-15-24(21)18-10-12-19(26-3)13-11-18/h5-16H,4H2,1-3H3/t16-/m0/s1. The zero-order valence-electron chi connectivity index (χ0n) is 15.7. The number of rotatable bonds is 7. The van der Waals surface area contributed by atoms with E-state index in [4.69, 9.17) is 4.74 Å². The Bertz CT molecular complexity index is 878. The Balaban J connectivity index is 1.77. The minimum atomic E-state index is -0.260. The van der Waals surface area contributed by atoms with Crippen LogP contribution in [0.15, 0.2) is 72.1 Å². The molecule has 0 unspecified atom stereocenters. The number of aromatic nitrogens is 2. The zero-order chi connectivity index (χ0) is 19.2. The maximum Gasteiger partial charge on any atom is 0.240 e. The number of hydrogen-bond acceptors (Lipinski definition) is 4. The van der Waals surface area contributed by atoms with Gasteiger partial charge in [0.15, 0.2) is 5.16 Å². The molecule has 1 atom stereocenters. The van der Waals surface area contributed by atoms with Crippen LogP contribution in [-0.2, 0) is 4.79 Å². The Hall–Kier alpha value is -2.73. The van der Waals surface area contributed by atoms with Gasteiger partial charge < -0.3 is 9.64 Å². The van der Waals surface area contributed by atoms with Crippen LogP contribution in [0.1, 0.15) is 13.8 Å². The monoisotopic (exact) mass is 381 g/mol. The lowest BCUT2D eigenvalue weighted by Gasteiger charge is -2.24. The van der Waals surface area contributed by atoms with Crippen LogP contribution in [0.5, 0.6) is 5.75 Å². The molecule has 0 radical (unpaired) electrons. The number of carbonyl (C=O) groups is 1. The minimum Gasteiger partial charge on any atom is -0.497 e. The highest BCUT2D eigenvalue weighted by Crippen LogP contribution is 2.27. The molecule has 27 heavy (non-hydrogen) atoms. The Morgan fingerprint density at radius 1 is 1.19 bits per heavy atom. The molecule has 0 aliphatic rings. The number of para-hydroxylation sites is 1. The van der Waals surface area contributed by atoms with Crippen LogP contribution in [0.2, 0.25) is 0 Å². The summed E-state index contributed by atoms with van der Waals surface area (Å²) >= 11 is 1.46. The molecule has 0 fully saturated rings. The molecule has 3 aromatic rings. The molecule has 0 N–H and O–H groups in total. The van der Waals surface area contributed by atoms with Gasteiger partial charge in [0, 0.05) is 30.3 Å². The molecular weight excluding hydrogens is 358 g/mol. The summed E-state index contributed by atoms with van der Waals surface area (Å²) in [5.74, 6) is 0.871. The molecule has 0 aliphatic carbocycles. The Labute approximate surface area is 164 Å². The molecule has 140 valence electrons. The van der Waals surface area contributed by atoms with E-state index in [9.17, 15) is 4.79 Å². The number of anilines is 1. The normalized spacial score (nSPS) is 11.8. The smallest absolute Gasteiger partial charge is 0.240 e. The van der Waals surface area contributed by atoms with Gasteiger partial charge in [0.25, 0.3) is 0 Å². The zero-order valence-corrected chi connectivity index (χ0v) is 16.5. The second-order valence-corrected chi connectivity index (χ2v) is 7.26. The van der Waals surface area contributed by atoms with Gasteiger partial charge in [-0.05, 0) is 50.2 Å². The summed E-state index contributed by atoms with van der Waals surface area (Å²) in [4.78, 5) is 19.2. The fourth-order valence-electron chi connectivity index (χ4n) is 2.82. The third-order valence-corrected chi connectivity index (χ3v) is 5.31. The van der Waals surface area contributed by atoms with Crippen LogP contribution in [-0.4, -0.2) is 34.4 Å². The van der Waals surface area contributed by atoms with Crippen LogP contribution in [0.4, 0.5) is 5.69 Å². The molecule has 6 heteroatoms. The van der Waals surface area contributed by atoms with Crippen LogP contribution in [0.25, 0.3) is 5.69 Å². The van der Waals surface area contributed by atoms with Crippen molar-refractivity contribution < 1.29 is 9.53 Å². The maximum absolute atomic E-state index is 13.0. The number of carbonyl (C=O) groups excluding carboxylic acids is 1. The third-order valence-electron chi connectivity index (χ3n) is 4.24. The lowest BCUT2D eigenvalue weighted by atomic mass is 10.2. The number of nitrogens with zero attached hydrogens (tertiary/aromatic N) is 3. The largest absolute Gasteiger partial charge is 0.497 e. The van der Waals surface area contributed by atoms with E-state index in [-0.39, 0.29) is 11.2 Å². The average Bonchev–Trinajstić information content (AvgIpc) is 3.17. The van der Waals surface area contributed by atoms with Gasteiger partial charge in [-0.15, -0.1) is 0 Å². The number of hydrogen-bond donors (Lipinski definition) is 0. The topological polar surface area (TPSA) is 47.4 Å². The van der Waals surface area contributed by atoms with Crippen molar-refractivity contribution in [1.29, 1.82) is 0 Å². The second-order valence-electron chi connectivity index (χ2n) is 5.96. The highest BCUT2D eigenvalue weighted by Gasteiger charge is 2.23. The molecule has 0 bridgehead atoms. The van der Waals surface area contributed by atoms with Crippen molar-refractivity contribution >= 4 is 23.4 Å². The molecule has 0 spiro atoms. The molecule has 1 aromatic heterocycles. The van der Waals surface area contributed by atoms with Crippen molar-refractivity contribution in [2.75, 3.05) is 18.6 Å². The number of amides is 1. The fourth-order valence-corrected chi connectivity index (χ4v) is 3.76. The van der Waals surface area contributed by atoms with Gasteiger partial charge in [0.2, 0.25) is 5.91 Å². The summed E-state index contributed by atoms with van der Waals surface area (Å²) in [5.41, 5.74) is 1.89. The summed E-state index contributed by atoms with van der Waals surface area (Å²) < 4.78 is 7.19. The fraction of sp³-hybridized carbons (Fsp3) is 0.238. The molecule has 0 saturated carbocycles. The average molecular weight is 382 g/mol. The predicted molar refractivity (Wildman–Crippen MR) is 110 cm³/mol. The van der Waals surface area contributed by atoms with Gasteiger partial charge in [-0.1, -0.05) is 30.0 Å². The van der Waals surface area contributed by atoms with Crippen molar-refractivity contribution in [2.24, 2.45) is 0 Å². The first-order valence-electron chi connectivity index (χ1n) is 8.85. The quantitative estimate of drug-likeness (QED) is 0.569. The summed E-state index contributed by atoms with van der Waals surface area (Å²) in [7, 11) is 1.65. The number of imidazole rings is 1. The van der Waals surface area contributed by atoms with E-state index in [1.807, 2.05) is 79.2 Å². The summed E-state index contributed by atoms with van der Waals surface area (Å²) in [5, 5.41) is 0.523. The van der Waals surface area contributed by atoms with Gasteiger partial charge in [-0.3, -0.25) is 9.36 Å². The first kappa shape index (κ1) is 19.0. The van der Waals surface area contributed by atoms with Crippen LogP contribution in [0.3, 0.4) is 0 Å². The van der Waals surface area contributed by atoms with Crippen molar-refractivity contribution in [3.05, 3.63) is 67.0 Å². The molecule has 0 aliphatic heterocycles. The van der Waals surface area contributed by atoms with E-state index in [0.717, 1.165) is 22.3 Å². The minimum absolute atomic E-state index is 0.0676. The van der Waals surface area contributed by atoms with E-state index in [0.29, 0.717) is 6.54 Å². The third kappa shape index (κ3) is 4.34. The van der Waals surface area contributed by atoms with Gasteiger partial charge in [-0.2, -0.15) is 0 Å². The Kier molecular flexibility index (Phi) is 6.19. The second kappa shape index (κ2) is 8.77. The number of thioether (sulfide) groups is 1. The molecule has 1 heterocycles. The van der Waals surface area contributed by atoms with E-state index < -0.39 is 0 Å². The van der Waals surface area contributed by atoms with E-state index in [1.165, 1.54) is 11.8 Å². The van der Waals surface area contributed by atoms with Crippen molar-refractivity contribution in [3.63, 3.8) is 0 Å². The van der Waals surface area contributed by atoms with Gasteiger partial charge in [-0.25, -0.2) is 4.98 Å². The van der Waals surface area contributed by atoms with Crippen molar-refractivity contribution in [1.82, 2.24) is 9.55 Å². The highest BCUT2D eigenvalue weighted by atomic mass is 32.2. The molecule has 0 saturated heterocycles. The summed E-state index contributed by atoms with van der Waals surface area (Å²) in [6, 6.07) is 17.5. The Morgan fingerprint density at radius 2 is 1.89 bits per heavy atom. The highest BCUT2D eigenvalue weighted by molar-refractivity contribution is 8.00. The van der Waals surface area contributed by atoms with E-state index >= 15 is 0 Å². The van der Waals surface area contributed by atoms with Crippen molar-refractivity contribution in [3.8, 4) is 11.4 Å². The molecule has 3 rings (SSSR count). The number of ether oxygens (including phenoxy) is 1. The predicted octanol–water partition coefficient (Wildman–Crippen LogP) is 4.41. The van der Waals surface area contributed by atoms with Crippen molar-refractivity contribution in [2.45, 2.75) is 24.3 Å². The lowest BCUT2D eigenvalue weighted by molar-refractivity contribution is -0.117. The SMILES string of the molecule is CCN(C(=O)[C@H](C)Sc1nccn1-c1ccc(OC)cc1)c1ccccc1. The van der Waals surface area contributed by atoms with Crippen LogP contribution < -0.4 is 9.64 Å². The Morgan fingerprint density at radius 3 is 2.52 bits per heavy atom. The molecule has 5 nitrogen and oxygen atoms in total. The summed E-state index contributed by atoms with van der Waals surface area (Å²) in [6.07, 6.45) is 3.65. The van der Waals surface area contributed by atoms with Gasteiger partial charge in [0.1, 0.15) is 5.75 Å². The lowest BCUT2D eigenvalue weighted by Crippen LogP contribution is -2.36. The van der Waals surface area contributed by atoms with Crippen LogP contribution >= 0.6 is 11.8 Å². The molecular formula is C21H23N3O2S. The maximum atomic E-state index is 13.0. The first-order valence-corrected chi connectivity index (χ1v) is 9.73. The number of methoxy groups -OCH3 is 1. The number of benzene rings is 2.